The van der Waals surface area contributed by atoms with E-state index in [2.05, 4.69) is 19.8 Å². The lowest BCUT2D eigenvalue weighted by Gasteiger charge is -2.49. The first-order valence-corrected chi connectivity index (χ1v) is 10.7. The van der Waals surface area contributed by atoms with Gasteiger partial charge in [0.15, 0.2) is 5.13 Å². The molecule has 0 aromatic carbocycles. The van der Waals surface area contributed by atoms with Crippen LogP contribution in [0.25, 0.3) is 0 Å². The summed E-state index contributed by atoms with van der Waals surface area (Å²) in [6.07, 6.45) is 0. The molecule has 1 unspecified atom stereocenters. The highest BCUT2D eigenvalue weighted by Gasteiger charge is 2.54. The Morgan fingerprint density at radius 2 is 2.16 bits per heavy atom. The highest BCUT2D eigenvalue weighted by atomic mass is 32.2. The van der Waals surface area contributed by atoms with E-state index in [1.165, 1.54) is 18.7 Å². The molecule has 4 N–H and O–H groups in total. The Morgan fingerprint density at radius 1 is 1.42 bits per heavy atom. The molecule has 2 aliphatic rings. The average molecular weight is 470 g/mol. The maximum atomic E-state index is 12.7. The lowest BCUT2D eigenvalue weighted by molar-refractivity contribution is -0.150. The molecule has 0 aliphatic carbocycles. The van der Waals surface area contributed by atoms with Gasteiger partial charge in [0, 0.05) is 29.8 Å². The molecule has 3 heterocycles. The number of carbonyl (C=O) groups excluding carboxylic acids is 3. The Bertz CT molecular complexity index is 991. The number of hydrogen-bond acceptors (Lipinski definition) is 12. The normalized spacial score (nSPS) is 20.6. The topological polar surface area (TPSA) is 186 Å². The lowest BCUT2D eigenvalue weighted by atomic mass is 10.0. The molecule has 0 spiro atoms. The van der Waals surface area contributed by atoms with Gasteiger partial charge in [-0.3, -0.25) is 19.3 Å². The molecular formula is C16H18N6O7S2. The molecule has 2 amide bonds. The first kappa shape index (κ1) is 22.5. The smallest absolute Gasteiger partial charge is 0.352 e. The zero-order chi connectivity index (χ0) is 22.7. The molecule has 1 saturated heterocycles. The van der Waals surface area contributed by atoms with E-state index in [-0.39, 0.29) is 41.3 Å². The Balaban J connectivity index is 1.78. The summed E-state index contributed by atoms with van der Waals surface area (Å²) in [5, 5.41) is 15.3. The second kappa shape index (κ2) is 9.30. The number of fused-ring (bicyclic) bond motifs is 1. The molecule has 2 aliphatic heterocycles. The maximum absolute atomic E-state index is 12.7. The van der Waals surface area contributed by atoms with Crippen molar-refractivity contribution >= 4 is 57.9 Å². The van der Waals surface area contributed by atoms with Crippen LogP contribution in [0, 0.1) is 0 Å². The number of carboxylic acid groups (broad SMARTS) is 1. The SMILES string of the molecule is CCO/N=C(\C(=O)NC1C(=O)N2C(C(=O)O)=C(COC(C)=O)CS[C@H]12)c1nsc(N)n1. The number of nitrogen functional groups attached to an aromatic ring is 1. The van der Waals surface area contributed by atoms with Gasteiger partial charge < -0.3 is 25.7 Å². The highest BCUT2D eigenvalue weighted by Crippen LogP contribution is 2.40. The van der Waals surface area contributed by atoms with Gasteiger partial charge >= 0.3 is 11.9 Å². The van der Waals surface area contributed by atoms with Crippen LogP contribution in [0.4, 0.5) is 5.13 Å². The van der Waals surface area contributed by atoms with Gasteiger partial charge in [0.1, 0.15) is 30.3 Å². The van der Waals surface area contributed by atoms with E-state index < -0.39 is 35.2 Å². The number of hydrogen-bond donors (Lipinski definition) is 3. The first-order chi connectivity index (χ1) is 14.7. The number of aromatic nitrogens is 2. The molecule has 166 valence electrons. The monoisotopic (exact) mass is 470 g/mol. The summed E-state index contributed by atoms with van der Waals surface area (Å²) in [4.78, 5) is 58.1. The fourth-order valence-electron chi connectivity index (χ4n) is 2.84. The van der Waals surface area contributed by atoms with Gasteiger partial charge in [-0.05, 0) is 6.92 Å². The molecule has 0 radical (unpaired) electrons. The molecule has 1 aromatic rings. The number of ether oxygens (including phenoxy) is 1. The summed E-state index contributed by atoms with van der Waals surface area (Å²) in [6.45, 7) is 2.82. The van der Waals surface area contributed by atoms with E-state index in [4.69, 9.17) is 15.3 Å². The van der Waals surface area contributed by atoms with E-state index in [0.717, 1.165) is 16.4 Å². The summed E-state index contributed by atoms with van der Waals surface area (Å²) in [7, 11) is 0. The number of esters is 1. The average Bonchev–Trinajstić information content (AvgIpc) is 3.15. The molecule has 13 nitrogen and oxygen atoms in total. The van der Waals surface area contributed by atoms with Crippen molar-refractivity contribution in [2.24, 2.45) is 5.16 Å². The van der Waals surface area contributed by atoms with Crippen LogP contribution in [0.5, 0.6) is 0 Å². The number of rotatable bonds is 8. The predicted molar refractivity (Wildman–Crippen MR) is 109 cm³/mol. The number of amides is 2. The van der Waals surface area contributed by atoms with Crippen molar-refractivity contribution in [3.8, 4) is 0 Å². The number of carboxylic acids is 1. The summed E-state index contributed by atoms with van der Waals surface area (Å²) in [6, 6.07) is -0.995. The maximum Gasteiger partial charge on any atom is 0.352 e. The van der Waals surface area contributed by atoms with E-state index in [0.29, 0.717) is 5.57 Å². The van der Waals surface area contributed by atoms with Crippen molar-refractivity contribution in [1.29, 1.82) is 0 Å². The van der Waals surface area contributed by atoms with Crippen LogP contribution in [0.3, 0.4) is 0 Å². The number of thioether (sulfide) groups is 1. The summed E-state index contributed by atoms with van der Waals surface area (Å²) in [5.74, 6) is -3.13. The Labute approximate surface area is 183 Å². The number of β-lactam (4-membered cyclic amide) rings is 1. The largest absolute Gasteiger partial charge is 0.477 e. The Morgan fingerprint density at radius 3 is 2.74 bits per heavy atom. The number of aliphatic carboxylic acids is 1. The van der Waals surface area contributed by atoms with Crippen molar-refractivity contribution < 1.29 is 33.9 Å². The van der Waals surface area contributed by atoms with Crippen molar-refractivity contribution in [1.82, 2.24) is 19.6 Å². The standard InChI is InChI=1S/C16H18N6O7S2/c1-3-29-20-8(11-19-16(17)31-21-11)12(24)18-9-13(25)22-10(15(26)27)7(4-28-6(2)23)5-30-14(9)22/h9,14H,3-5H2,1-2H3,(H,18,24)(H,26,27)(H2,17,19,21)/b20-8-/t9?,14-/m1/s1. The van der Waals surface area contributed by atoms with E-state index in [1.807, 2.05) is 0 Å². The van der Waals surface area contributed by atoms with Gasteiger partial charge in [0.05, 0.1) is 0 Å². The minimum absolute atomic E-state index is 0.0526. The van der Waals surface area contributed by atoms with Crippen LogP contribution in [-0.4, -0.2) is 79.2 Å². The minimum atomic E-state index is -1.33. The van der Waals surface area contributed by atoms with E-state index >= 15 is 0 Å². The van der Waals surface area contributed by atoms with Crippen LogP contribution in [0.1, 0.15) is 19.7 Å². The minimum Gasteiger partial charge on any atom is -0.477 e. The third-order valence-corrected chi connectivity index (χ3v) is 6.02. The lowest BCUT2D eigenvalue weighted by Crippen LogP contribution is -2.71. The van der Waals surface area contributed by atoms with Crippen molar-refractivity contribution in [2.75, 3.05) is 24.7 Å². The number of nitrogens with one attached hydrogen (secondary N) is 1. The molecule has 2 atom stereocenters. The van der Waals surface area contributed by atoms with Crippen LogP contribution in [-0.2, 0) is 28.8 Å². The second-order valence-electron chi connectivity index (χ2n) is 6.21. The number of carbonyl (C=O) groups is 4. The Hall–Kier alpha value is -3.20. The van der Waals surface area contributed by atoms with Gasteiger partial charge in [-0.1, -0.05) is 5.16 Å². The molecule has 31 heavy (non-hydrogen) atoms. The number of oxime groups is 1. The zero-order valence-electron chi connectivity index (χ0n) is 16.4. The van der Waals surface area contributed by atoms with E-state index in [1.54, 1.807) is 6.92 Å². The van der Waals surface area contributed by atoms with Crippen LogP contribution in [0.15, 0.2) is 16.4 Å². The first-order valence-electron chi connectivity index (χ1n) is 8.88. The van der Waals surface area contributed by atoms with Crippen molar-refractivity contribution in [3.63, 3.8) is 0 Å². The van der Waals surface area contributed by atoms with Crippen LogP contribution >= 0.6 is 23.3 Å². The third-order valence-electron chi connectivity index (χ3n) is 4.14. The summed E-state index contributed by atoms with van der Waals surface area (Å²) >= 11 is 2.10. The van der Waals surface area contributed by atoms with Crippen molar-refractivity contribution in [2.45, 2.75) is 25.3 Å². The van der Waals surface area contributed by atoms with Gasteiger partial charge in [-0.25, -0.2) is 4.79 Å². The molecule has 1 fully saturated rings. The second-order valence-corrected chi connectivity index (χ2v) is 8.10. The number of nitrogens with zero attached hydrogens (tertiary/aromatic N) is 4. The fourth-order valence-corrected chi connectivity index (χ4v) is 4.60. The predicted octanol–water partition coefficient (Wildman–Crippen LogP) is -0.837. The molecule has 1 aromatic heterocycles. The van der Waals surface area contributed by atoms with Gasteiger partial charge in [-0.15, -0.1) is 11.8 Å². The number of anilines is 1. The molecular weight excluding hydrogens is 452 g/mol. The zero-order valence-corrected chi connectivity index (χ0v) is 18.0. The van der Waals surface area contributed by atoms with E-state index in [9.17, 15) is 24.3 Å². The highest BCUT2D eigenvalue weighted by molar-refractivity contribution is 8.00. The summed E-state index contributed by atoms with van der Waals surface area (Å²) in [5.41, 5.74) is 5.34. The number of nitrogens with two attached hydrogens (primary N) is 1. The van der Waals surface area contributed by atoms with Crippen molar-refractivity contribution in [3.05, 3.63) is 17.1 Å². The van der Waals surface area contributed by atoms with Gasteiger partial charge in [0.2, 0.25) is 11.5 Å². The molecule has 0 bridgehead atoms. The van der Waals surface area contributed by atoms with Gasteiger partial charge in [-0.2, -0.15) is 9.36 Å². The Kier molecular flexibility index (Phi) is 6.74. The molecule has 0 saturated carbocycles. The fraction of sp³-hybridized carbons (Fsp3) is 0.438. The summed E-state index contributed by atoms with van der Waals surface area (Å²) < 4.78 is 8.81. The van der Waals surface area contributed by atoms with Crippen LogP contribution in [0.2, 0.25) is 0 Å². The molecule has 3 rings (SSSR count). The van der Waals surface area contributed by atoms with Gasteiger partial charge in [0.25, 0.3) is 11.8 Å². The molecule has 15 heteroatoms. The van der Waals surface area contributed by atoms with Crippen LogP contribution < -0.4 is 11.1 Å². The quantitative estimate of drug-likeness (QED) is 0.186. The third kappa shape index (κ3) is 4.61.